The van der Waals surface area contributed by atoms with Crippen LogP contribution in [0.2, 0.25) is 5.02 Å². The van der Waals surface area contributed by atoms with Crippen LogP contribution in [0.5, 0.6) is 5.75 Å². The van der Waals surface area contributed by atoms with Crippen molar-refractivity contribution in [2.24, 2.45) is 0 Å². The molecule has 4 aromatic rings. The first-order chi connectivity index (χ1) is 16.8. The van der Waals surface area contributed by atoms with Crippen LogP contribution in [0.4, 0.5) is 0 Å². The van der Waals surface area contributed by atoms with Crippen LogP contribution in [-0.4, -0.2) is 31.1 Å². The van der Waals surface area contributed by atoms with Gasteiger partial charge in [-0.1, -0.05) is 97.2 Å². The molecule has 0 saturated carbocycles. The Balaban J connectivity index is 1.47. The lowest BCUT2D eigenvalue weighted by molar-refractivity contribution is 0.215. The van der Waals surface area contributed by atoms with E-state index in [1.165, 1.54) is 66.2 Å². The zero-order valence-electron chi connectivity index (χ0n) is 19.6. The molecule has 3 heteroatoms. The third-order valence-electron chi connectivity index (χ3n) is 6.93. The number of fused-ring (bicyclic) bond motifs is 1. The van der Waals surface area contributed by atoms with E-state index < -0.39 is 0 Å². The van der Waals surface area contributed by atoms with Crippen molar-refractivity contribution in [2.45, 2.75) is 31.6 Å². The minimum absolute atomic E-state index is 0.120. The minimum Gasteiger partial charge on any atom is -0.492 e. The Morgan fingerprint density at radius 1 is 0.676 bits per heavy atom. The molecule has 4 aromatic carbocycles. The summed E-state index contributed by atoms with van der Waals surface area (Å²) in [5, 5.41) is 3.16. The largest absolute Gasteiger partial charge is 0.492 e. The molecule has 0 amide bonds. The van der Waals surface area contributed by atoms with Gasteiger partial charge in [-0.25, -0.2) is 0 Å². The van der Waals surface area contributed by atoms with E-state index in [1.54, 1.807) is 0 Å². The average Bonchev–Trinajstić information content (AvgIpc) is 3.16. The third kappa shape index (κ3) is 5.29. The summed E-state index contributed by atoms with van der Waals surface area (Å²) >= 11 is 6.22. The van der Waals surface area contributed by atoms with E-state index in [1.807, 2.05) is 12.1 Å². The van der Waals surface area contributed by atoms with Gasteiger partial charge in [0.25, 0.3) is 0 Å². The van der Waals surface area contributed by atoms with Crippen LogP contribution in [0, 0.1) is 0 Å². The van der Waals surface area contributed by atoms with Gasteiger partial charge in [0.05, 0.1) is 0 Å². The Labute approximate surface area is 208 Å². The summed E-state index contributed by atoms with van der Waals surface area (Å²) in [4.78, 5) is 2.55. The van der Waals surface area contributed by atoms with Crippen LogP contribution in [0.15, 0.2) is 91.0 Å². The van der Waals surface area contributed by atoms with Gasteiger partial charge in [-0.05, 0) is 66.2 Å². The molecule has 1 atom stereocenters. The highest BCUT2D eigenvalue weighted by Crippen LogP contribution is 2.39. The number of hydrogen-bond acceptors (Lipinski definition) is 2. The van der Waals surface area contributed by atoms with E-state index >= 15 is 0 Å². The Kier molecular flexibility index (Phi) is 7.48. The fraction of sp³-hybridized carbons (Fsp3) is 0.290. The van der Waals surface area contributed by atoms with Gasteiger partial charge in [0.1, 0.15) is 12.4 Å². The van der Waals surface area contributed by atoms with Crippen LogP contribution < -0.4 is 4.74 Å². The number of rotatable bonds is 7. The normalized spacial score (nSPS) is 15.7. The lowest BCUT2D eigenvalue weighted by atomic mass is 9.83. The second-order valence-electron chi connectivity index (χ2n) is 9.20. The predicted molar refractivity (Wildman–Crippen MR) is 143 cm³/mol. The first kappa shape index (κ1) is 23.0. The maximum Gasteiger partial charge on any atom is 0.127 e. The molecule has 0 aromatic heterocycles. The number of nitrogens with zero attached hydrogens (tertiary/aromatic N) is 1. The molecular formula is C31H32ClNO. The highest BCUT2D eigenvalue weighted by atomic mass is 35.5. The molecule has 0 spiro atoms. The number of likely N-dealkylation sites (tertiary alicyclic amines) is 1. The van der Waals surface area contributed by atoms with Crippen molar-refractivity contribution in [3.8, 4) is 5.75 Å². The van der Waals surface area contributed by atoms with E-state index in [9.17, 15) is 0 Å². The molecule has 1 fully saturated rings. The molecule has 0 radical (unpaired) electrons. The molecule has 1 aliphatic heterocycles. The zero-order valence-corrected chi connectivity index (χ0v) is 20.4. The van der Waals surface area contributed by atoms with Crippen molar-refractivity contribution in [3.05, 3.63) is 113 Å². The smallest absolute Gasteiger partial charge is 0.127 e. The van der Waals surface area contributed by atoms with Crippen LogP contribution in [0.3, 0.4) is 0 Å². The summed E-state index contributed by atoms with van der Waals surface area (Å²) in [6.07, 6.45) is 5.34. The Morgan fingerprint density at radius 3 is 2.06 bits per heavy atom. The van der Waals surface area contributed by atoms with E-state index in [-0.39, 0.29) is 5.92 Å². The molecule has 0 N–H and O–H groups in total. The standard InChI is InChI=1S/C31H32ClNO/c32-26-16-14-25(15-17-26)31(24-10-4-3-5-11-24)29-18-19-30(28-13-7-6-12-27(28)29)34-23-22-33-20-8-1-2-9-21-33/h3-7,10-19,31H,1-2,8-9,20-23H2/t31-/m0/s1. The van der Waals surface area contributed by atoms with Crippen LogP contribution in [0.25, 0.3) is 10.8 Å². The average molecular weight is 470 g/mol. The zero-order chi connectivity index (χ0) is 23.2. The van der Waals surface area contributed by atoms with Crippen molar-refractivity contribution >= 4 is 22.4 Å². The summed E-state index contributed by atoms with van der Waals surface area (Å²) in [6, 6.07) is 32.0. The second-order valence-corrected chi connectivity index (χ2v) is 9.63. The van der Waals surface area contributed by atoms with Crippen LogP contribution in [-0.2, 0) is 0 Å². The molecule has 0 unspecified atom stereocenters. The van der Waals surface area contributed by atoms with Gasteiger partial charge in [0, 0.05) is 22.9 Å². The molecular weight excluding hydrogens is 438 g/mol. The van der Waals surface area contributed by atoms with Crippen molar-refractivity contribution < 1.29 is 4.74 Å². The predicted octanol–water partition coefficient (Wildman–Crippen LogP) is 7.93. The van der Waals surface area contributed by atoms with Gasteiger partial charge in [0.15, 0.2) is 0 Å². The van der Waals surface area contributed by atoms with E-state index in [0.717, 1.165) is 23.9 Å². The fourth-order valence-electron chi connectivity index (χ4n) is 5.17. The summed E-state index contributed by atoms with van der Waals surface area (Å²) in [5.41, 5.74) is 3.78. The number of benzene rings is 4. The Morgan fingerprint density at radius 2 is 1.32 bits per heavy atom. The third-order valence-corrected chi connectivity index (χ3v) is 7.18. The quantitative estimate of drug-likeness (QED) is 0.255. The molecule has 1 saturated heterocycles. The minimum atomic E-state index is 0.120. The summed E-state index contributed by atoms with van der Waals surface area (Å²) < 4.78 is 6.37. The van der Waals surface area contributed by atoms with Crippen molar-refractivity contribution in [3.63, 3.8) is 0 Å². The monoisotopic (exact) mass is 469 g/mol. The number of hydrogen-bond donors (Lipinski definition) is 0. The first-order valence-corrected chi connectivity index (χ1v) is 12.8. The van der Waals surface area contributed by atoms with Gasteiger partial charge in [-0.15, -0.1) is 0 Å². The van der Waals surface area contributed by atoms with Crippen molar-refractivity contribution in [1.82, 2.24) is 4.90 Å². The van der Waals surface area contributed by atoms with E-state index in [2.05, 4.69) is 83.8 Å². The van der Waals surface area contributed by atoms with Gasteiger partial charge in [0.2, 0.25) is 0 Å². The van der Waals surface area contributed by atoms with Crippen molar-refractivity contribution in [1.29, 1.82) is 0 Å². The molecule has 5 rings (SSSR count). The van der Waals surface area contributed by atoms with Crippen molar-refractivity contribution in [2.75, 3.05) is 26.2 Å². The molecule has 1 aliphatic rings. The highest BCUT2D eigenvalue weighted by Gasteiger charge is 2.20. The molecule has 0 bridgehead atoms. The lowest BCUT2D eigenvalue weighted by Gasteiger charge is -2.23. The molecule has 1 heterocycles. The molecule has 0 aliphatic carbocycles. The maximum atomic E-state index is 6.37. The van der Waals surface area contributed by atoms with Gasteiger partial charge in [-0.3, -0.25) is 4.90 Å². The molecule has 2 nitrogen and oxygen atoms in total. The Bertz CT molecular complexity index is 1200. The number of halogens is 1. The SMILES string of the molecule is Clc1ccc([C@H](c2ccccc2)c2ccc(OCCN3CCCCCC3)c3ccccc23)cc1. The fourth-order valence-corrected chi connectivity index (χ4v) is 5.30. The molecule has 34 heavy (non-hydrogen) atoms. The first-order valence-electron chi connectivity index (χ1n) is 12.5. The summed E-state index contributed by atoms with van der Waals surface area (Å²) in [6.45, 7) is 4.11. The Hall–Kier alpha value is -2.81. The number of ether oxygens (including phenoxy) is 1. The maximum absolute atomic E-state index is 6.37. The summed E-state index contributed by atoms with van der Waals surface area (Å²) in [7, 11) is 0. The summed E-state index contributed by atoms with van der Waals surface area (Å²) in [5.74, 6) is 1.09. The van der Waals surface area contributed by atoms with Gasteiger partial charge < -0.3 is 4.74 Å². The lowest BCUT2D eigenvalue weighted by Crippen LogP contribution is -2.29. The molecule has 174 valence electrons. The van der Waals surface area contributed by atoms with Crippen LogP contribution >= 0.6 is 11.6 Å². The highest BCUT2D eigenvalue weighted by molar-refractivity contribution is 6.30. The van der Waals surface area contributed by atoms with Crippen LogP contribution in [0.1, 0.15) is 48.3 Å². The topological polar surface area (TPSA) is 12.5 Å². The van der Waals surface area contributed by atoms with E-state index in [4.69, 9.17) is 16.3 Å². The van der Waals surface area contributed by atoms with E-state index in [0.29, 0.717) is 0 Å². The van der Waals surface area contributed by atoms with Gasteiger partial charge >= 0.3 is 0 Å². The van der Waals surface area contributed by atoms with Gasteiger partial charge in [-0.2, -0.15) is 0 Å². The second kappa shape index (κ2) is 11.1.